The van der Waals surface area contributed by atoms with Gasteiger partial charge in [0.25, 0.3) is 0 Å². The SMILES string of the molecule is CC(=O)/C=C(/C)[O-].CC(=O)/C=C(/C)[O-].CC(=O)CC(C)=O.CC(=O)CC(C)=O.CC(=O)[C-]=C(C)[O-].CC(=O)[C-]=C(C)[O-].CO.CO.CO.CO.CO.CO.CO.CO.CO.CO.[Nd+3].[Nd+3].[Nd+3].[Nd+3].[O-]/C(=N\N=C\c1cccc([O-])c1[O-])c1ccccn1.[O-]/C(=N\N=C\c1cccc([O-])c1[O-])c1ccccn1. The van der Waals surface area contributed by atoms with E-state index in [4.69, 9.17) is 51.1 Å². The number of Topliss-reactive ketones (excluding diaryl/α,β-unsaturated/α-hetero) is 6. The zero-order valence-electron chi connectivity index (χ0n) is 62.3. The summed E-state index contributed by atoms with van der Waals surface area (Å²) < 4.78 is 0. The molecule has 0 atom stereocenters. The fraction of sp³-hybridized carbons (Fsp3) is 0.364. The number of hydrogen-bond acceptors (Lipinski definition) is 34. The number of carbonyl (C=O) groups is 8. The summed E-state index contributed by atoms with van der Waals surface area (Å²) in [6.45, 7) is 16.2. The molecule has 0 bridgehead atoms. The molecule has 2 aromatic heterocycles. The average molecular weight is 2000 g/mol. The van der Waals surface area contributed by atoms with Crippen molar-refractivity contribution in [1.82, 2.24) is 9.97 Å². The number of ketones is 8. The van der Waals surface area contributed by atoms with Gasteiger partial charge in [-0.15, -0.1) is 34.5 Å². The van der Waals surface area contributed by atoms with Crippen LogP contribution >= 0.6 is 0 Å². The summed E-state index contributed by atoms with van der Waals surface area (Å²) in [5, 5.41) is 191. The number of aromatic nitrogens is 2. The van der Waals surface area contributed by atoms with Gasteiger partial charge in [0.05, 0.1) is 36.7 Å². The molecule has 10 N–H and O–H groups in total. The maximum Gasteiger partial charge on any atom is 3.00 e. The number of benzene rings is 2. The van der Waals surface area contributed by atoms with Crippen molar-refractivity contribution >= 4 is 70.5 Å². The molecule has 0 spiro atoms. The van der Waals surface area contributed by atoms with Crippen LogP contribution in [0.4, 0.5) is 0 Å². The van der Waals surface area contributed by atoms with Crippen molar-refractivity contribution in [2.75, 3.05) is 71.1 Å². The zero-order chi connectivity index (χ0) is 82.5. The van der Waals surface area contributed by atoms with Crippen LogP contribution in [0, 0.1) is 176 Å². The minimum absolute atomic E-state index is 0. The molecule has 0 aliphatic heterocycles. The summed E-state index contributed by atoms with van der Waals surface area (Å²) in [4.78, 5) is 87.5. The van der Waals surface area contributed by atoms with E-state index in [0.717, 1.165) is 108 Å². The standard InChI is InChI=1S/2C13H11N3O3.4C5H8O2.2C5H7O2.10CH4O.4Nd/c2*17-11-6-3-4-9(12(11)18)8-15-16-13(19)10-5-1-2-7-14-10;6*1-4(6)3-5(2)7;10*1-2;;;;/h2*1-8,17-18H,(H,16,19);2*3H2,1-2H3;2*3,6H,1-2H3;2*6H,1-2H3;10*2H,1H3;;;;/q;;;;;;2*-1;;;;;;;;;;;4*+3/p-10/b2*15-8+;;;2*4-3-;;;;;;;;;;;;;;;;. The van der Waals surface area contributed by atoms with Crippen LogP contribution in [-0.2, 0) is 38.4 Å². The van der Waals surface area contributed by atoms with Crippen LogP contribution in [0.1, 0.15) is 118 Å². The van der Waals surface area contributed by atoms with Gasteiger partial charge in [-0.3, -0.25) is 38.7 Å². The van der Waals surface area contributed by atoms with Crippen LogP contribution in [0.25, 0.3) is 0 Å². The van der Waals surface area contributed by atoms with Crippen molar-refractivity contribution in [1.29, 1.82) is 0 Å². The van der Waals surface area contributed by atoms with E-state index in [1.807, 2.05) is 12.2 Å². The number of aliphatic hydroxyl groups excluding tert-OH is 10. The average Bonchev–Trinajstić information content (AvgIpc) is 0.884. The second kappa shape index (κ2) is 116. The van der Waals surface area contributed by atoms with Gasteiger partial charge in [0.15, 0.2) is 11.6 Å². The summed E-state index contributed by atoms with van der Waals surface area (Å²) >= 11 is 0. The van der Waals surface area contributed by atoms with Crippen LogP contribution in [0.5, 0.6) is 23.0 Å². The Bertz CT molecular complexity index is 2650. The summed E-state index contributed by atoms with van der Waals surface area (Å²) in [5.74, 6) is -6.09. The van der Waals surface area contributed by atoms with Gasteiger partial charge in [0, 0.05) is 95.3 Å². The van der Waals surface area contributed by atoms with Gasteiger partial charge < -0.3 is 135 Å². The first-order valence-electron chi connectivity index (χ1n) is 27.2. The Morgan fingerprint density at radius 3 is 0.731 bits per heavy atom. The third-order valence-corrected chi connectivity index (χ3v) is 6.99. The molecule has 104 heavy (non-hydrogen) atoms. The summed E-state index contributed by atoms with van der Waals surface area (Å²) in [7, 11) is 10.0. The smallest absolute Gasteiger partial charge is 0.901 e. The molecule has 2 aromatic carbocycles. The number of hydrogen-bond donors (Lipinski definition) is 10. The van der Waals surface area contributed by atoms with Crippen LogP contribution in [-0.4, -0.2) is 203 Å². The van der Waals surface area contributed by atoms with Gasteiger partial charge in [0.1, 0.15) is 23.1 Å². The van der Waals surface area contributed by atoms with E-state index in [9.17, 15) is 89.4 Å². The van der Waals surface area contributed by atoms with Crippen LogP contribution in [0.3, 0.4) is 0 Å². The molecule has 0 aliphatic rings. The van der Waals surface area contributed by atoms with E-state index >= 15 is 0 Å². The predicted molar refractivity (Wildman–Crippen MR) is 356 cm³/mol. The van der Waals surface area contributed by atoms with Gasteiger partial charge in [-0.1, -0.05) is 76.2 Å². The molecule has 0 amide bonds. The third kappa shape index (κ3) is 130. The Balaban J connectivity index is -0.0000000505. The summed E-state index contributed by atoms with van der Waals surface area (Å²) in [6, 6.07) is 17.7. The molecule has 0 saturated heterocycles. The van der Waals surface area contributed by atoms with Crippen molar-refractivity contribution in [2.24, 2.45) is 20.4 Å². The summed E-state index contributed by atoms with van der Waals surface area (Å²) in [6.07, 6.45) is 11.4. The van der Waals surface area contributed by atoms with Crippen molar-refractivity contribution in [3.8, 4) is 23.0 Å². The van der Waals surface area contributed by atoms with Gasteiger partial charge in [0.2, 0.25) is 0 Å². The Labute approximate surface area is 740 Å². The molecule has 34 nitrogen and oxygen atoms in total. The van der Waals surface area contributed by atoms with Crippen LogP contribution in [0.15, 0.2) is 141 Å². The molecule has 0 unspecified atom stereocenters. The molecule has 576 valence electrons. The normalized spacial score (nSPS) is 9.12. The number of rotatable bonds is 14. The first kappa shape index (κ1) is 145. The molecule has 0 saturated carbocycles. The summed E-state index contributed by atoms with van der Waals surface area (Å²) in [5.41, 5.74) is 0.481. The van der Waals surface area contributed by atoms with Crippen molar-refractivity contribution in [3.63, 3.8) is 0 Å². The molecule has 4 aromatic rings. The molecular formula is C66H98N6Nd4O28. The largest absolute Gasteiger partial charge is 3.00 e. The number of nitrogens with zero attached hydrogens (tertiary/aromatic N) is 6. The van der Waals surface area contributed by atoms with Crippen molar-refractivity contribution < 1.29 is 304 Å². The molecule has 38 heteroatoms. The molecule has 4 radical (unpaired) electrons. The first-order valence-corrected chi connectivity index (χ1v) is 27.2. The Hall–Kier alpha value is -5.26. The number of para-hydroxylation sites is 2. The second-order valence-electron chi connectivity index (χ2n) is 15.4. The monoisotopic (exact) mass is 1990 g/mol. The fourth-order valence-corrected chi connectivity index (χ4v) is 4.41. The molecular weight excluding hydrogens is 1900 g/mol. The second-order valence-corrected chi connectivity index (χ2v) is 15.4. The third-order valence-electron chi connectivity index (χ3n) is 6.99. The molecule has 4 rings (SSSR count). The van der Waals surface area contributed by atoms with E-state index in [1.54, 1.807) is 24.3 Å². The molecule has 2 heterocycles. The maximum atomic E-state index is 11.5. The predicted octanol–water partition coefficient (Wildman–Crippen LogP) is -5.10. The molecule has 0 aliphatic carbocycles. The van der Waals surface area contributed by atoms with E-state index in [2.05, 4.69) is 30.4 Å². The van der Waals surface area contributed by atoms with Crippen LogP contribution < -0.4 is 51.1 Å². The Morgan fingerprint density at radius 2 is 0.596 bits per heavy atom. The van der Waals surface area contributed by atoms with Crippen LogP contribution in [0.2, 0.25) is 0 Å². The van der Waals surface area contributed by atoms with Gasteiger partial charge in [-0.25, -0.2) is 0 Å². The van der Waals surface area contributed by atoms with Gasteiger partial charge >= 0.3 is 163 Å². The first-order chi connectivity index (χ1) is 47.1. The zero-order valence-corrected chi connectivity index (χ0v) is 75.1. The van der Waals surface area contributed by atoms with E-state index in [1.165, 1.54) is 132 Å². The molecule has 0 fully saturated rings. The minimum Gasteiger partial charge on any atom is -0.901 e. The fourth-order valence-electron chi connectivity index (χ4n) is 4.41. The Morgan fingerprint density at radius 1 is 0.365 bits per heavy atom. The van der Waals surface area contributed by atoms with Crippen molar-refractivity contribution in [2.45, 2.75) is 95.9 Å². The van der Waals surface area contributed by atoms with Gasteiger partial charge in [-0.2, -0.15) is 20.4 Å². The number of pyridine rings is 2. The van der Waals surface area contributed by atoms with Crippen molar-refractivity contribution in [3.05, 3.63) is 155 Å². The number of allylic oxidation sites excluding steroid dienone is 8. The minimum atomic E-state index is -0.674. The number of aliphatic hydroxyl groups is 10. The topological polar surface area (TPSA) is 645 Å². The quantitative estimate of drug-likeness (QED) is 0.0107. The maximum absolute atomic E-state index is 11.5. The van der Waals surface area contributed by atoms with E-state index < -0.39 is 34.8 Å². The van der Waals surface area contributed by atoms with E-state index in [0.29, 0.717) is 0 Å². The Kier molecular flexibility index (Phi) is 162. The van der Waals surface area contributed by atoms with Gasteiger partial charge in [-0.05, 0) is 115 Å². The van der Waals surface area contributed by atoms with E-state index in [-0.39, 0.29) is 268 Å². The number of carbonyl (C=O) groups excluding carboxylic acids is 8.